The molecular weight excluding hydrogens is 241 g/mol. The Morgan fingerprint density at radius 3 is 2.83 bits per heavy atom. The predicted molar refractivity (Wildman–Crippen MR) is 50.4 cm³/mol. The lowest BCUT2D eigenvalue weighted by Crippen LogP contribution is -1.92. The van der Waals surface area contributed by atoms with E-state index in [1.165, 1.54) is 0 Å². The van der Waals surface area contributed by atoms with Gasteiger partial charge in [0.25, 0.3) is 0 Å². The highest BCUT2D eigenvalue weighted by atomic mass is 79.9. The van der Waals surface area contributed by atoms with Crippen molar-refractivity contribution in [2.75, 3.05) is 0 Å². The molecule has 3 nitrogen and oxygen atoms in total. The van der Waals surface area contributed by atoms with Crippen LogP contribution in [-0.4, -0.2) is 14.4 Å². The SMILES string of the molecule is Cc1ncc2c(Cl)ncc(Br)n12. The molecule has 0 fully saturated rings. The molecular formula is C7H5BrClN3. The lowest BCUT2D eigenvalue weighted by Gasteiger charge is -1.99. The van der Waals surface area contributed by atoms with Gasteiger partial charge in [0, 0.05) is 0 Å². The molecule has 0 N–H and O–H groups in total. The summed E-state index contributed by atoms with van der Waals surface area (Å²) in [7, 11) is 0. The smallest absolute Gasteiger partial charge is 0.154 e. The van der Waals surface area contributed by atoms with Gasteiger partial charge >= 0.3 is 0 Å². The lowest BCUT2D eigenvalue weighted by atomic mass is 10.6. The van der Waals surface area contributed by atoms with Gasteiger partial charge in [0.1, 0.15) is 15.9 Å². The van der Waals surface area contributed by atoms with Crippen LogP contribution < -0.4 is 0 Å². The number of rotatable bonds is 0. The number of aryl methyl sites for hydroxylation is 1. The third-order valence-corrected chi connectivity index (χ3v) is 2.50. The van der Waals surface area contributed by atoms with E-state index in [-0.39, 0.29) is 0 Å². The summed E-state index contributed by atoms with van der Waals surface area (Å²) < 4.78 is 2.76. The average molecular weight is 246 g/mol. The van der Waals surface area contributed by atoms with Crippen LogP contribution in [0.2, 0.25) is 5.15 Å². The minimum absolute atomic E-state index is 0.471. The monoisotopic (exact) mass is 245 g/mol. The number of fused-ring (bicyclic) bond motifs is 1. The van der Waals surface area contributed by atoms with Crippen molar-refractivity contribution in [1.29, 1.82) is 0 Å². The molecule has 0 unspecified atom stereocenters. The minimum Gasteiger partial charge on any atom is -0.286 e. The first-order valence-corrected chi connectivity index (χ1v) is 4.51. The van der Waals surface area contributed by atoms with Crippen LogP contribution in [0.25, 0.3) is 5.52 Å². The molecule has 0 amide bonds. The van der Waals surface area contributed by atoms with Gasteiger partial charge < -0.3 is 0 Å². The Morgan fingerprint density at radius 1 is 1.42 bits per heavy atom. The second kappa shape index (κ2) is 2.71. The summed E-state index contributed by atoms with van der Waals surface area (Å²) in [4.78, 5) is 8.10. The Bertz CT molecular complexity index is 437. The van der Waals surface area contributed by atoms with Crippen molar-refractivity contribution in [3.8, 4) is 0 Å². The molecule has 0 bridgehead atoms. The topological polar surface area (TPSA) is 30.2 Å². The van der Waals surface area contributed by atoms with Gasteiger partial charge in [-0.2, -0.15) is 0 Å². The number of aromatic nitrogens is 3. The van der Waals surface area contributed by atoms with E-state index in [1.54, 1.807) is 12.4 Å². The van der Waals surface area contributed by atoms with Crippen LogP contribution in [0.1, 0.15) is 5.82 Å². The fourth-order valence-electron chi connectivity index (χ4n) is 1.09. The zero-order valence-electron chi connectivity index (χ0n) is 6.25. The molecule has 0 aromatic carbocycles. The highest BCUT2D eigenvalue weighted by Gasteiger charge is 2.06. The number of imidazole rings is 1. The van der Waals surface area contributed by atoms with Crippen LogP contribution in [0.4, 0.5) is 0 Å². The van der Waals surface area contributed by atoms with Crippen LogP contribution in [0, 0.1) is 6.92 Å². The van der Waals surface area contributed by atoms with Gasteiger partial charge in [0.15, 0.2) is 5.15 Å². The minimum atomic E-state index is 0.471. The van der Waals surface area contributed by atoms with E-state index in [9.17, 15) is 0 Å². The second-order valence-electron chi connectivity index (χ2n) is 2.40. The molecule has 0 saturated carbocycles. The summed E-state index contributed by atoms with van der Waals surface area (Å²) in [5.74, 6) is 0.890. The van der Waals surface area contributed by atoms with Gasteiger partial charge in [0.2, 0.25) is 0 Å². The summed E-state index contributed by atoms with van der Waals surface area (Å²) in [6.45, 7) is 1.91. The molecule has 0 aliphatic rings. The standard InChI is InChI=1S/C7H5BrClN3/c1-4-10-2-5-7(9)11-3-6(8)12(4)5/h2-3H,1H3. The third kappa shape index (κ3) is 1.03. The number of nitrogens with zero attached hydrogens (tertiary/aromatic N) is 3. The molecule has 0 aliphatic carbocycles. The molecule has 0 atom stereocenters. The van der Waals surface area contributed by atoms with Crippen LogP contribution in [0.3, 0.4) is 0 Å². The van der Waals surface area contributed by atoms with Crippen LogP contribution in [0.15, 0.2) is 17.0 Å². The van der Waals surface area contributed by atoms with E-state index in [0.717, 1.165) is 15.9 Å². The van der Waals surface area contributed by atoms with Crippen molar-refractivity contribution in [2.45, 2.75) is 6.92 Å². The van der Waals surface area contributed by atoms with E-state index >= 15 is 0 Å². The Morgan fingerprint density at radius 2 is 2.17 bits per heavy atom. The fraction of sp³-hybridized carbons (Fsp3) is 0.143. The normalized spacial score (nSPS) is 10.9. The van der Waals surface area contributed by atoms with Crippen LogP contribution in [-0.2, 0) is 0 Å². The third-order valence-electron chi connectivity index (χ3n) is 1.65. The van der Waals surface area contributed by atoms with Gasteiger partial charge in [-0.15, -0.1) is 0 Å². The van der Waals surface area contributed by atoms with Crippen molar-refractivity contribution in [3.63, 3.8) is 0 Å². The van der Waals surface area contributed by atoms with Gasteiger partial charge in [-0.1, -0.05) is 11.6 Å². The van der Waals surface area contributed by atoms with Crippen molar-refractivity contribution in [2.24, 2.45) is 0 Å². The molecule has 5 heteroatoms. The summed E-state index contributed by atoms with van der Waals surface area (Å²) in [6, 6.07) is 0. The first kappa shape index (κ1) is 8.01. The largest absolute Gasteiger partial charge is 0.286 e. The quantitative estimate of drug-likeness (QED) is 0.715. The highest BCUT2D eigenvalue weighted by Crippen LogP contribution is 2.20. The molecule has 0 aliphatic heterocycles. The van der Waals surface area contributed by atoms with Gasteiger partial charge in [-0.25, -0.2) is 9.97 Å². The van der Waals surface area contributed by atoms with Gasteiger partial charge in [-0.05, 0) is 22.9 Å². The first-order chi connectivity index (χ1) is 5.70. The Hall–Kier alpha value is -0.610. The molecule has 0 spiro atoms. The molecule has 2 aromatic rings. The van der Waals surface area contributed by atoms with Gasteiger partial charge in [0.05, 0.1) is 12.4 Å². The van der Waals surface area contributed by atoms with Crippen molar-refractivity contribution >= 4 is 33.0 Å². The maximum absolute atomic E-state index is 5.85. The Balaban J connectivity index is 2.98. The molecule has 2 aromatic heterocycles. The number of hydrogen-bond donors (Lipinski definition) is 0. The van der Waals surface area contributed by atoms with Gasteiger partial charge in [-0.3, -0.25) is 4.40 Å². The molecule has 0 saturated heterocycles. The van der Waals surface area contributed by atoms with E-state index < -0.39 is 0 Å². The maximum atomic E-state index is 5.85. The summed E-state index contributed by atoms with van der Waals surface area (Å²) in [5, 5.41) is 0.471. The van der Waals surface area contributed by atoms with Crippen molar-refractivity contribution < 1.29 is 0 Å². The van der Waals surface area contributed by atoms with Crippen LogP contribution in [0.5, 0.6) is 0 Å². The molecule has 12 heavy (non-hydrogen) atoms. The number of halogens is 2. The average Bonchev–Trinajstić information content (AvgIpc) is 2.42. The molecule has 2 rings (SSSR count). The first-order valence-electron chi connectivity index (χ1n) is 3.34. The zero-order chi connectivity index (χ0) is 8.72. The van der Waals surface area contributed by atoms with E-state index in [2.05, 4.69) is 25.9 Å². The second-order valence-corrected chi connectivity index (χ2v) is 3.57. The lowest BCUT2D eigenvalue weighted by molar-refractivity contribution is 1.00. The highest BCUT2D eigenvalue weighted by molar-refractivity contribution is 9.10. The Kier molecular flexibility index (Phi) is 1.81. The molecule has 0 radical (unpaired) electrons. The van der Waals surface area contributed by atoms with Crippen LogP contribution >= 0.6 is 27.5 Å². The maximum Gasteiger partial charge on any atom is 0.154 e. The van der Waals surface area contributed by atoms with Crippen molar-refractivity contribution in [3.05, 3.63) is 28.0 Å². The van der Waals surface area contributed by atoms with E-state index in [4.69, 9.17) is 11.6 Å². The van der Waals surface area contributed by atoms with E-state index in [0.29, 0.717) is 5.15 Å². The van der Waals surface area contributed by atoms with Crippen molar-refractivity contribution in [1.82, 2.24) is 14.4 Å². The molecule has 62 valence electrons. The summed E-state index contributed by atoms with van der Waals surface area (Å²) >= 11 is 9.21. The number of hydrogen-bond acceptors (Lipinski definition) is 2. The Labute approximate surface area is 82.5 Å². The molecule has 2 heterocycles. The fourth-order valence-corrected chi connectivity index (χ4v) is 1.83. The summed E-state index contributed by atoms with van der Waals surface area (Å²) in [5.41, 5.74) is 0.823. The van der Waals surface area contributed by atoms with E-state index in [1.807, 2.05) is 11.3 Å². The summed E-state index contributed by atoms with van der Waals surface area (Å²) in [6.07, 6.45) is 3.36. The predicted octanol–water partition coefficient (Wildman–Crippen LogP) is 2.45. The zero-order valence-corrected chi connectivity index (χ0v) is 8.59.